The van der Waals surface area contributed by atoms with Crippen LogP contribution in [0.15, 0.2) is 102 Å². The minimum absolute atomic E-state index is 0.135. The van der Waals surface area contributed by atoms with Crippen LogP contribution in [0.1, 0.15) is 39.2 Å². The lowest BCUT2D eigenvalue weighted by Crippen LogP contribution is -2.19. The van der Waals surface area contributed by atoms with Gasteiger partial charge in [0.15, 0.2) is 0 Å². The van der Waals surface area contributed by atoms with Crippen LogP contribution in [-0.4, -0.2) is 49.4 Å². The standard InChI is InChI=1S/C32H28N4O5/c1-6-18-14(3)22-12-23-15(4)19(7-8-25(37)38)29(35-23)27-28(32(40)41)31(39)26-16(5)21(36-30(26)27)10-17-9-13(2)20(33-17)11-24(18)34-22/h6,9-12,28,33,39H,1,7-8H2,2-5H3,(H,37,38)(H,40,41)/t28-/m0/s1. The van der Waals surface area contributed by atoms with Gasteiger partial charge < -0.3 is 20.3 Å². The second-order valence-corrected chi connectivity index (χ2v) is 10.6. The largest absolute Gasteiger partial charge is 0.510 e. The number of hydrogen-bond donors (Lipinski definition) is 4. The Kier molecular flexibility index (Phi) is 5.92. The SMILES string of the molecule is C=CC1=C(C)C2=CC3=NC(=C4C5=NC(=C(C)C5=C(O)[C@H]4C(=O)O)C=c4cc(C)c([nH]4)=CC1=N2)C(CCC(=O)O)=C3C. The molecule has 0 fully saturated rings. The van der Waals surface area contributed by atoms with Gasteiger partial charge in [-0.1, -0.05) is 12.7 Å². The Balaban J connectivity index is 1.72. The van der Waals surface area contributed by atoms with Gasteiger partial charge in [-0.2, -0.15) is 0 Å². The monoisotopic (exact) mass is 548 g/mol. The first-order chi connectivity index (χ1) is 19.5. The van der Waals surface area contributed by atoms with E-state index in [-0.39, 0.29) is 24.2 Å². The molecule has 0 aromatic carbocycles. The number of aryl methyl sites for hydroxylation is 1. The maximum absolute atomic E-state index is 12.5. The zero-order valence-corrected chi connectivity index (χ0v) is 23.1. The Morgan fingerprint density at radius 2 is 1.76 bits per heavy atom. The summed E-state index contributed by atoms with van der Waals surface area (Å²) >= 11 is 0. The maximum atomic E-state index is 12.5. The molecule has 8 bridgehead atoms. The van der Waals surface area contributed by atoms with Crippen molar-refractivity contribution in [1.29, 1.82) is 0 Å². The molecule has 0 unspecified atom stereocenters. The average molecular weight is 549 g/mol. The fraction of sp³-hybridized carbons (Fsp3) is 0.219. The molecule has 41 heavy (non-hydrogen) atoms. The van der Waals surface area contributed by atoms with Gasteiger partial charge in [-0.3, -0.25) is 9.59 Å². The van der Waals surface area contributed by atoms with Crippen LogP contribution in [0.25, 0.3) is 12.2 Å². The molecule has 1 atom stereocenters. The summed E-state index contributed by atoms with van der Waals surface area (Å²) in [6.07, 6.45) is 7.41. The van der Waals surface area contributed by atoms with E-state index in [9.17, 15) is 24.9 Å². The van der Waals surface area contributed by atoms with E-state index in [1.165, 1.54) is 0 Å². The van der Waals surface area contributed by atoms with Crippen molar-refractivity contribution in [1.82, 2.24) is 4.98 Å². The molecule has 9 nitrogen and oxygen atoms in total. The van der Waals surface area contributed by atoms with Crippen molar-refractivity contribution in [2.45, 2.75) is 40.5 Å². The molecule has 0 radical (unpaired) electrons. The van der Waals surface area contributed by atoms with Gasteiger partial charge in [-0.05, 0) is 86.3 Å². The summed E-state index contributed by atoms with van der Waals surface area (Å²) < 4.78 is 0. The van der Waals surface area contributed by atoms with Crippen LogP contribution < -0.4 is 10.7 Å². The molecule has 4 N–H and O–H groups in total. The maximum Gasteiger partial charge on any atom is 0.318 e. The number of fused-ring (bicyclic) bond motifs is 5. The molecule has 0 saturated carbocycles. The highest BCUT2D eigenvalue weighted by molar-refractivity contribution is 6.27. The van der Waals surface area contributed by atoms with Crippen LogP contribution in [-0.2, 0) is 9.59 Å². The van der Waals surface area contributed by atoms with Crippen molar-refractivity contribution in [3.05, 3.63) is 103 Å². The van der Waals surface area contributed by atoms with E-state index in [0.717, 1.165) is 38.7 Å². The molecular weight excluding hydrogens is 520 g/mol. The topological polar surface area (TPSA) is 148 Å². The first kappa shape index (κ1) is 26.2. The molecule has 4 aliphatic heterocycles. The normalized spacial score (nSPS) is 21.2. The molecule has 6 rings (SSSR count). The van der Waals surface area contributed by atoms with E-state index in [4.69, 9.17) is 15.0 Å². The van der Waals surface area contributed by atoms with Crippen molar-refractivity contribution in [3.63, 3.8) is 0 Å². The number of aromatic nitrogens is 1. The summed E-state index contributed by atoms with van der Waals surface area (Å²) in [7, 11) is 0. The van der Waals surface area contributed by atoms with E-state index in [0.29, 0.717) is 45.2 Å². The number of aliphatic carboxylic acids is 2. The highest BCUT2D eigenvalue weighted by Gasteiger charge is 2.46. The molecule has 1 aliphatic carbocycles. The van der Waals surface area contributed by atoms with Gasteiger partial charge in [-0.25, -0.2) is 15.0 Å². The Morgan fingerprint density at radius 1 is 1.00 bits per heavy atom. The van der Waals surface area contributed by atoms with Crippen molar-refractivity contribution in [2.24, 2.45) is 20.9 Å². The minimum Gasteiger partial charge on any atom is -0.510 e. The predicted octanol–water partition coefficient (Wildman–Crippen LogP) is 3.88. The van der Waals surface area contributed by atoms with Gasteiger partial charge in [0.2, 0.25) is 0 Å². The first-order valence-corrected chi connectivity index (χ1v) is 13.3. The number of nitrogens with zero attached hydrogens (tertiary/aromatic N) is 3. The molecule has 1 aromatic heterocycles. The van der Waals surface area contributed by atoms with Crippen LogP contribution in [0.4, 0.5) is 0 Å². The van der Waals surface area contributed by atoms with E-state index < -0.39 is 17.9 Å². The second kappa shape index (κ2) is 9.26. The van der Waals surface area contributed by atoms with Gasteiger partial charge in [-0.15, -0.1) is 0 Å². The smallest absolute Gasteiger partial charge is 0.318 e. The number of aliphatic hydroxyl groups excluding tert-OH is 1. The number of H-pyrrole nitrogens is 1. The van der Waals surface area contributed by atoms with E-state index in [1.54, 1.807) is 13.0 Å². The third-order valence-corrected chi connectivity index (χ3v) is 8.18. The van der Waals surface area contributed by atoms with Gasteiger partial charge in [0.25, 0.3) is 0 Å². The van der Waals surface area contributed by atoms with Crippen LogP contribution in [0, 0.1) is 12.8 Å². The van der Waals surface area contributed by atoms with Crippen molar-refractivity contribution in [3.8, 4) is 0 Å². The number of rotatable bonds is 5. The van der Waals surface area contributed by atoms with Crippen LogP contribution in [0.2, 0.25) is 0 Å². The second-order valence-electron chi connectivity index (χ2n) is 10.6. The van der Waals surface area contributed by atoms with Crippen LogP contribution in [0.5, 0.6) is 0 Å². The molecule has 1 aromatic rings. The Labute approximate surface area is 235 Å². The van der Waals surface area contributed by atoms with Crippen molar-refractivity contribution in [2.75, 3.05) is 0 Å². The molecule has 9 heteroatoms. The third-order valence-electron chi connectivity index (χ3n) is 8.18. The highest BCUT2D eigenvalue weighted by atomic mass is 16.4. The molecule has 0 amide bonds. The zero-order chi connectivity index (χ0) is 29.3. The summed E-state index contributed by atoms with van der Waals surface area (Å²) in [5.41, 5.74) is 8.66. The van der Waals surface area contributed by atoms with Gasteiger partial charge in [0.05, 0.1) is 34.2 Å². The molecule has 0 saturated heterocycles. The number of carboxylic acids is 2. The number of aliphatic hydroxyl groups is 1. The molecular formula is C32H28N4O5. The summed E-state index contributed by atoms with van der Waals surface area (Å²) in [5, 5.41) is 32.6. The van der Waals surface area contributed by atoms with Gasteiger partial charge in [0.1, 0.15) is 11.7 Å². The van der Waals surface area contributed by atoms with E-state index >= 15 is 0 Å². The fourth-order valence-electron chi connectivity index (χ4n) is 5.98. The summed E-state index contributed by atoms with van der Waals surface area (Å²) in [5.74, 6) is -3.89. The molecule has 0 spiro atoms. The number of hydrogen-bond acceptors (Lipinski definition) is 6. The van der Waals surface area contributed by atoms with E-state index in [2.05, 4.69) is 11.6 Å². The summed E-state index contributed by atoms with van der Waals surface area (Å²) in [6, 6.07) is 1.99. The number of aliphatic imine (C=N–C) groups is 3. The van der Waals surface area contributed by atoms with Crippen LogP contribution >= 0.6 is 0 Å². The van der Waals surface area contributed by atoms with E-state index in [1.807, 2.05) is 45.1 Å². The zero-order valence-electron chi connectivity index (χ0n) is 23.1. The summed E-state index contributed by atoms with van der Waals surface area (Å²) in [4.78, 5) is 42.1. The lowest BCUT2D eigenvalue weighted by Gasteiger charge is -2.13. The van der Waals surface area contributed by atoms with Crippen molar-refractivity contribution < 1.29 is 24.9 Å². The lowest BCUT2D eigenvalue weighted by atomic mass is 9.92. The quantitative estimate of drug-likeness (QED) is 0.441. The number of aromatic amines is 1. The predicted molar refractivity (Wildman–Crippen MR) is 157 cm³/mol. The van der Waals surface area contributed by atoms with Gasteiger partial charge >= 0.3 is 11.9 Å². The number of carboxylic acid groups (broad SMARTS) is 2. The molecule has 5 heterocycles. The molecule has 5 aliphatic rings. The number of carbonyl (C=O) groups is 2. The fourth-order valence-corrected chi connectivity index (χ4v) is 5.98. The highest BCUT2D eigenvalue weighted by Crippen LogP contribution is 2.47. The van der Waals surface area contributed by atoms with Crippen molar-refractivity contribution >= 4 is 41.2 Å². The lowest BCUT2D eigenvalue weighted by molar-refractivity contribution is -0.140. The summed E-state index contributed by atoms with van der Waals surface area (Å²) in [6.45, 7) is 11.6. The average Bonchev–Trinajstić information content (AvgIpc) is 3.65. The third kappa shape index (κ3) is 3.96. The Hall–Kier alpha value is -5.05. The molecule has 206 valence electrons. The Morgan fingerprint density at radius 3 is 2.44 bits per heavy atom. The van der Waals surface area contributed by atoms with Crippen LogP contribution in [0.3, 0.4) is 0 Å². The number of allylic oxidation sites excluding steroid dienone is 9. The minimum atomic E-state index is -1.38. The Bertz CT molecular complexity index is 1950. The first-order valence-electron chi connectivity index (χ1n) is 13.3. The number of nitrogens with one attached hydrogen (secondary N) is 1. The van der Waals surface area contributed by atoms with Gasteiger partial charge in [0, 0.05) is 33.8 Å².